The van der Waals surface area contributed by atoms with E-state index >= 15 is 0 Å². The second-order valence-corrected chi connectivity index (χ2v) is 13.7. The largest absolute Gasteiger partial charge is 0.224 e. The molecule has 1 aliphatic rings. The molecule has 3 rings (SSSR count). The van der Waals surface area contributed by atoms with Crippen LogP contribution in [0.15, 0.2) is 67.3 Å². The van der Waals surface area contributed by atoms with Crippen LogP contribution in [0.1, 0.15) is 24.0 Å². The summed E-state index contributed by atoms with van der Waals surface area (Å²) in [7, 11) is -7.32. The van der Waals surface area contributed by atoms with E-state index in [4.69, 9.17) is 0 Å². The molecule has 0 spiro atoms. The first-order valence-corrected chi connectivity index (χ1v) is 13.9. The molecular weight excluding hydrogens is 540 g/mol. The summed E-state index contributed by atoms with van der Waals surface area (Å²) in [5.74, 6) is -0.475. The number of sulfone groups is 2. The summed E-state index contributed by atoms with van der Waals surface area (Å²) in [5, 5.41) is 0. The molecule has 0 saturated carbocycles. The lowest BCUT2D eigenvalue weighted by Gasteiger charge is -2.29. The van der Waals surface area contributed by atoms with E-state index in [2.05, 4.69) is 31.9 Å². The molecule has 2 aromatic carbocycles. The topological polar surface area (TPSA) is 68.3 Å². The Morgan fingerprint density at radius 3 is 1.31 bits per heavy atom. The van der Waals surface area contributed by atoms with Gasteiger partial charge in [0.25, 0.3) is 0 Å². The number of rotatable bonds is 6. The SMILES string of the molecule is Cc1ccc(S(=O)(=O)CC2(CS(=O)(=O)c3ccc(C)cc3)CC(Br)=C(Br)C2)cc1. The Bertz CT molecular complexity index is 1050. The minimum atomic E-state index is -3.66. The Hall–Kier alpha value is -0.960. The van der Waals surface area contributed by atoms with E-state index in [0.717, 1.165) is 20.1 Å². The smallest absolute Gasteiger partial charge is 0.178 e. The van der Waals surface area contributed by atoms with E-state index in [1.54, 1.807) is 48.5 Å². The Kier molecular flexibility index (Phi) is 6.49. The lowest BCUT2D eigenvalue weighted by Crippen LogP contribution is -2.35. The lowest BCUT2D eigenvalue weighted by atomic mass is 9.90. The van der Waals surface area contributed by atoms with Crippen molar-refractivity contribution in [3.63, 3.8) is 0 Å². The van der Waals surface area contributed by atoms with Crippen molar-refractivity contribution in [2.24, 2.45) is 5.41 Å². The highest BCUT2D eigenvalue weighted by Gasteiger charge is 2.45. The van der Waals surface area contributed by atoms with Crippen molar-refractivity contribution >= 4 is 51.5 Å². The van der Waals surface area contributed by atoms with Gasteiger partial charge in [0, 0.05) is 14.4 Å². The standard InChI is InChI=1S/C21H22Br2O4S2/c1-15-3-7-17(8-4-15)28(24,25)13-21(11-19(22)20(23)12-21)14-29(26,27)18-9-5-16(2)6-10-18/h3-10H,11-14H2,1-2H3. The van der Waals surface area contributed by atoms with Gasteiger partial charge in [-0.25, -0.2) is 16.8 Å². The predicted molar refractivity (Wildman–Crippen MR) is 123 cm³/mol. The highest BCUT2D eigenvalue weighted by molar-refractivity contribution is 9.14. The summed E-state index contributed by atoms with van der Waals surface area (Å²) in [6, 6.07) is 13.3. The van der Waals surface area contributed by atoms with E-state index in [1.165, 1.54) is 0 Å². The van der Waals surface area contributed by atoms with Crippen LogP contribution in [0.5, 0.6) is 0 Å². The van der Waals surface area contributed by atoms with Gasteiger partial charge in [0.1, 0.15) is 0 Å². The Labute approximate surface area is 189 Å². The molecule has 0 saturated heterocycles. The van der Waals surface area contributed by atoms with Crippen molar-refractivity contribution in [1.29, 1.82) is 0 Å². The van der Waals surface area contributed by atoms with Crippen LogP contribution in [0.4, 0.5) is 0 Å². The summed E-state index contributed by atoms with van der Waals surface area (Å²) in [6.07, 6.45) is 0.702. The molecule has 0 N–H and O–H groups in total. The molecule has 0 heterocycles. The maximum atomic E-state index is 13.1. The third-order valence-corrected chi connectivity index (χ3v) is 11.1. The number of aryl methyl sites for hydroxylation is 2. The number of benzene rings is 2. The fourth-order valence-electron chi connectivity index (χ4n) is 3.62. The number of halogens is 2. The molecule has 0 radical (unpaired) electrons. The monoisotopic (exact) mass is 560 g/mol. The van der Waals surface area contributed by atoms with Crippen molar-refractivity contribution in [3.05, 3.63) is 68.6 Å². The maximum Gasteiger partial charge on any atom is 0.178 e. The van der Waals surface area contributed by atoms with Crippen molar-refractivity contribution < 1.29 is 16.8 Å². The molecule has 29 heavy (non-hydrogen) atoms. The summed E-state index contributed by atoms with van der Waals surface area (Å²) in [6.45, 7) is 3.78. The zero-order valence-electron chi connectivity index (χ0n) is 16.2. The van der Waals surface area contributed by atoms with Crippen LogP contribution in [0.25, 0.3) is 0 Å². The van der Waals surface area contributed by atoms with Crippen molar-refractivity contribution in [2.75, 3.05) is 11.5 Å². The number of hydrogen-bond acceptors (Lipinski definition) is 4. The van der Waals surface area contributed by atoms with Gasteiger partial charge in [-0.05, 0) is 51.0 Å². The molecule has 0 bridgehead atoms. The quantitative estimate of drug-likeness (QED) is 0.478. The Morgan fingerprint density at radius 2 is 1.00 bits per heavy atom. The van der Waals surface area contributed by atoms with Crippen LogP contribution in [-0.2, 0) is 19.7 Å². The fraction of sp³-hybridized carbons (Fsp3) is 0.333. The second kappa shape index (κ2) is 8.29. The van der Waals surface area contributed by atoms with Gasteiger partial charge in [-0.2, -0.15) is 0 Å². The summed E-state index contributed by atoms with van der Waals surface area (Å²) in [5.41, 5.74) is 0.993. The highest BCUT2D eigenvalue weighted by atomic mass is 79.9. The molecule has 0 atom stereocenters. The average molecular weight is 562 g/mol. The van der Waals surface area contributed by atoms with Gasteiger partial charge in [0.05, 0.1) is 21.3 Å². The van der Waals surface area contributed by atoms with Gasteiger partial charge in [-0.3, -0.25) is 0 Å². The van der Waals surface area contributed by atoms with Crippen LogP contribution in [0.2, 0.25) is 0 Å². The number of allylic oxidation sites excluding steroid dienone is 2. The fourth-order valence-corrected chi connectivity index (χ4v) is 8.88. The van der Waals surface area contributed by atoms with Crippen LogP contribution >= 0.6 is 31.9 Å². The molecule has 1 aliphatic carbocycles. The summed E-state index contributed by atoms with van der Waals surface area (Å²) < 4.78 is 54.2. The average Bonchev–Trinajstić information content (AvgIpc) is 2.87. The minimum Gasteiger partial charge on any atom is -0.224 e. The molecule has 0 unspecified atom stereocenters. The Balaban J connectivity index is 1.97. The van der Waals surface area contributed by atoms with Crippen LogP contribution in [0.3, 0.4) is 0 Å². The third-order valence-electron chi connectivity index (χ3n) is 5.11. The molecule has 0 aromatic heterocycles. The van der Waals surface area contributed by atoms with Gasteiger partial charge in [-0.1, -0.05) is 67.3 Å². The minimum absolute atomic E-state index is 0.217. The lowest BCUT2D eigenvalue weighted by molar-refractivity contribution is 0.395. The van der Waals surface area contributed by atoms with Gasteiger partial charge in [0.2, 0.25) is 0 Å². The predicted octanol–water partition coefficient (Wildman–Crippen LogP) is 5.33. The molecule has 0 amide bonds. The zero-order valence-corrected chi connectivity index (χ0v) is 21.0. The molecule has 8 heteroatoms. The molecular formula is C21H22Br2O4S2. The first kappa shape index (κ1) is 22.7. The zero-order chi connectivity index (χ0) is 21.4. The molecule has 0 aliphatic heterocycles. The van der Waals surface area contributed by atoms with Crippen molar-refractivity contribution in [2.45, 2.75) is 36.5 Å². The Morgan fingerprint density at radius 1 is 0.690 bits per heavy atom. The van der Waals surface area contributed by atoms with E-state index in [1.807, 2.05) is 13.8 Å². The van der Waals surface area contributed by atoms with Crippen LogP contribution < -0.4 is 0 Å². The van der Waals surface area contributed by atoms with Crippen LogP contribution in [0, 0.1) is 19.3 Å². The van der Waals surface area contributed by atoms with E-state index in [0.29, 0.717) is 12.8 Å². The molecule has 4 nitrogen and oxygen atoms in total. The molecule has 0 fully saturated rings. The maximum absolute atomic E-state index is 13.1. The van der Waals surface area contributed by atoms with Crippen molar-refractivity contribution in [1.82, 2.24) is 0 Å². The van der Waals surface area contributed by atoms with Gasteiger partial charge >= 0.3 is 0 Å². The number of hydrogen-bond donors (Lipinski definition) is 0. The highest BCUT2D eigenvalue weighted by Crippen LogP contribution is 2.49. The van der Waals surface area contributed by atoms with E-state index in [-0.39, 0.29) is 21.3 Å². The molecule has 156 valence electrons. The van der Waals surface area contributed by atoms with Gasteiger partial charge in [-0.15, -0.1) is 0 Å². The van der Waals surface area contributed by atoms with Gasteiger partial charge < -0.3 is 0 Å². The summed E-state index contributed by atoms with van der Waals surface area (Å²) >= 11 is 6.94. The van der Waals surface area contributed by atoms with Crippen molar-refractivity contribution in [3.8, 4) is 0 Å². The molecule has 2 aromatic rings. The van der Waals surface area contributed by atoms with Gasteiger partial charge in [0.15, 0.2) is 19.7 Å². The second-order valence-electron chi connectivity index (χ2n) is 7.81. The first-order chi connectivity index (χ1) is 13.4. The third kappa shape index (κ3) is 5.21. The normalized spacial score (nSPS) is 17.0. The summed E-state index contributed by atoms with van der Waals surface area (Å²) in [4.78, 5) is 0.434. The first-order valence-electron chi connectivity index (χ1n) is 9.04. The van der Waals surface area contributed by atoms with E-state index in [9.17, 15) is 16.8 Å². The van der Waals surface area contributed by atoms with E-state index < -0.39 is 25.1 Å². The van der Waals surface area contributed by atoms with Crippen LogP contribution in [-0.4, -0.2) is 28.3 Å².